The highest BCUT2D eigenvalue weighted by molar-refractivity contribution is 6.08. The molecule has 3 heteroatoms. The number of hydrogen-bond acceptors (Lipinski definition) is 3. The molecule has 0 radical (unpaired) electrons. The summed E-state index contributed by atoms with van der Waals surface area (Å²) in [5.41, 5.74) is 18.9. The van der Waals surface area contributed by atoms with Gasteiger partial charge in [-0.3, -0.25) is 0 Å². The van der Waals surface area contributed by atoms with E-state index in [-0.39, 0.29) is 18.1 Å². The van der Waals surface area contributed by atoms with Gasteiger partial charge >= 0.3 is 0 Å². The highest BCUT2D eigenvalue weighted by Gasteiger charge is 2.45. The summed E-state index contributed by atoms with van der Waals surface area (Å²) in [7, 11) is 0. The van der Waals surface area contributed by atoms with Crippen molar-refractivity contribution in [2.75, 3.05) is 9.80 Å². The van der Waals surface area contributed by atoms with Crippen LogP contribution in [-0.4, -0.2) is 12.2 Å². The molecule has 1 saturated heterocycles. The molecule has 0 aromatic heterocycles. The molecule has 1 heterocycles. The number of fused-ring (bicyclic) bond motifs is 12. The van der Waals surface area contributed by atoms with E-state index in [1.165, 1.54) is 99.2 Å². The van der Waals surface area contributed by atoms with Gasteiger partial charge in [0, 0.05) is 46.4 Å². The van der Waals surface area contributed by atoms with Gasteiger partial charge in [-0.05, 0) is 144 Å². The van der Waals surface area contributed by atoms with Crippen LogP contribution in [0.1, 0.15) is 17.5 Å². The molecule has 3 nitrogen and oxygen atoms in total. The first-order valence-electron chi connectivity index (χ1n) is 24.4. The van der Waals surface area contributed by atoms with Crippen molar-refractivity contribution in [3.8, 4) is 22.3 Å². The lowest BCUT2D eigenvalue weighted by Gasteiger charge is -2.35. The molecule has 4 aliphatic carbocycles. The van der Waals surface area contributed by atoms with Crippen LogP contribution in [0.25, 0.3) is 54.9 Å². The zero-order chi connectivity index (χ0) is 45.4. The van der Waals surface area contributed by atoms with Crippen molar-refractivity contribution in [2.24, 2.45) is 5.92 Å². The van der Waals surface area contributed by atoms with Crippen molar-refractivity contribution in [1.82, 2.24) is 0 Å². The van der Waals surface area contributed by atoms with Crippen molar-refractivity contribution in [3.63, 3.8) is 0 Å². The number of nitrogens with zero attached hydrogens (tertiary/aromatic N) is 2. The Hall–Kier alpha value is -8.24. The number of allylic oxidation sites excluding steroid dienone is 4. The van der Waals surface area contributed by atoms with Gasteiger partial charge in [0.15, 0.2) is 0 Å². The summed E-state index contributed by atoms with van der Waals surface area (Å²) in [5.74, 6) is 0.0605. The van der Waals surface area contributed by atoms with Crippen LogP contribution in [0.5, 0.6) is 0 Å². The monoisotopic (exact) mass is 884 g/mol. The number of para-hydroxylation sites is 2. The quantitative estimate of drug-likeness (QED) is 0.148. The minimum absolute atomic E-state index is 0.0605. The smallest absolute Gasteiger partial charge is 0.0946 e. The lowest BCUT2D eigenvalue weighted by Crippen LogP contribution is -2.41. The minimum atomic E-state index is -0.113. The Morgan fingerprint density at radius 2 is 1.20 bits per heavy atom. The Morgan fingerprint density at radius 3 is 2.10 bits per heavy atom. The third kappa shape index (κ3) is 6.53. The van der Waals surface area contributed by atoms with Crippen molar-refractivity contribution in [3.05, 3.63) is 275 Å². The second-order valence-corrected chi connectivity index (χ2v) is 18.9. The van der Waals surface area contributed by atoms with Gasteiger partial charge in [-0.25, -0.2) is 0 Å². The van der Waals surface area contributed by atoms with Gasteiger partial charge in [-0.2, -0.15) is 0 Å². The standard InChI is InChI=1S/C66H48N2O/c1-3-16-43(17-4-1)54-24-13-14-28-62(54)68(63-29-15-27-55-52-23-10-8-19-45(52)32-36-57(55)63)50-35-39-60-64(42-50)69-66-59-38-34-49(41-61(59)56-25-11-12-26-58(56)65(60)66)67(47-20-5-2-6-21-47)48-33-37-53-46(40-48)31-30-44-18-7-9-22-51(44)53/h1-31,33-35,37-41,59,64,66H,32,36,42H2/t59?,64?,66-/m1/s1. The first kappa shape index (κ1) is 39.9. The molecule has 69 heavy (non-hydrogen) atoms. The normalized spacial score (nSPS) is 18.5. The van der Waals surface area contributed by atoms with Gasteiger partial charge in [-0.1, -0.05) is 182 Å². The molecule has 0 bridgehead atoms. The lowest BCUT2D eigenvalue weighted by atomic mass is 9.77. The summed E-state index contributed by atoms with van der Waals surface area (Å²) in [6.45, 7) is 0. The van der Waals surface area contributed by atoms with Crippen LogP contribution in [0.15, 0.2) is 254 Å². The van der Waals surface area contributed by atoms with Crippen LogP contribution in [0.3, 0.4) is 0 Å². The second kappa shape index (κ2) is 16.2. The van der Waals surface area contributed by atoms with Crippen LogP contribution in [0.2, 0.25) is 0 Å². The number of hydrogen-bond donors (Lipinski definition) is 0. The molecule has 5 aliphatic rings. The number of rotatable bonds is 7. The molecule has 1 aliphatic heterocycles. The largest absolute Gasteiger partial charge is 0.364 e. The third-order valence-corrected chi connectivity index (χ3v) is 15.2. The van der Waals surface area contributed by atoms with Gasteiger partial charge < -0.3 is 14.5 Å². The summed E-state index contributed by atoms with van der Waals surface area (Å²) in [6, 6.07) is 75.5. The van der Waals surface area contributed by atoms with Crippen LogP contribution >= 0.6 is 0 Å². The zero-order valence-electron chi connectivity index (χ0n) is 38.2. The van der Waals surface area contributed by atoms with E-state index in [0.717, 1.165) is 36.3 Å². The third-order valence-electron chi connectivity index (χ3n) is 15.2. The van der Waals surface area contributed by atoms with Crippen LogP contribution in [0.4, 0.5) is 22.7 Å². The van der Waals surface area contributed by atoms with Gasteiger partial charge in [0.25, 0.3) is 0 Å². The number of benzene rings is 9. The second-order valence-electron chi connectivity index (χ2n) is 18.9. The number of anilines is 4. The maximum atomic E-state index is 7.48. The maximum Gasteiger partial charge on any atom is 0.0946 e. The molecule has 0 spiro atoms. The Kier molecular flexibility index (Phi) is 9.38. The van der Waals surface area contributed by atoms with E-state index >= 15 is 0 Å². The molecule has 1 fully saturated rings. The van der Waals surface area contributed by atoms with Crippen LogP contribution in [0, 0.1) is 5.92 Å². The van der Waals surface area contributed by atoms with E-state index in [1.807, 2.05) is 0 Å². The van der Waals surface area contributed by atoms with Crippen LogP contribution in [-0.2, 0) is 17.6 Å². The number of aryl methyl sites for hydroxylation is 1. The highest BCUT2D eigenvalue weighted by atomic mass is 16.5. The molecular formula is C66H48N2O. The Labute approximate surface area is 402 Å². The van der Waals surface area contributed by atoms with E-state index in [9.17, 15) is 0 Å². The molecule has 9 aromatic carbocycles. The van der Waals surface area contributed by atoms with Gasteiger partial charge in [-0.15, -0.1) is 0 Å². The fraction of sp³-hybridized carbons (Fsp3) is 0.0909. The van der Waals surface area contributed by atoms with E-state index < -0.39 is 0 Å². The van der Waals surface area contributed by atoms with Crippen molar-refractivity contribution >= 4 is 55.4 Å². The van der Waals surface area contributed by atoms with Crippen LogP contribution < -0.4 is 20.2 Å². The fourth-order valence-electron chi connectivity index (χ4n) is 12.1. The average molecular weight is 885 g/mol. The summed E-state index contributed by atoms with van der Waals surface area (Å²) in [5, 5.41) is 7.58. The van der Waals surface area contributed by atoms with Gasteiger partial charge in [0.2, 0.25) is 0 Å². The van der Waals surface area contributed by atoms with Gasteiger partial charge in [0.1, 0.15) is 0 Å². The van der Waals surface area contributed by atoms with E-state index in [2.05, 4.69) is 246 Å². The lowest BCUT2D eigenvalue weighted by molar-refractivity contribution is 0.0557. The Balaban J connectivity index is 0.902. The average Bonchev–Trinajstić information content (AvgIpc) is 3.81. The first-order chi connectivity index (χ1) is 34.2. The summed E-state index contributed by atoms with van der Waals surface area (Å²) in [4.78, 5) is 4.97. The topological polar surface area (TPSA) is 15.7 Å². The summed E-state index contributed by atoms with van der Waals surface area (Å²) < 4.78 is 7.48. The molecule has 14 rings (SSSR count). The Morgan fingerprint density at radius 1 is 0.493 bits per heavy atom. The molecule has 0 saturated carbocycles. The highest BCUT2D eigenvalue weighted by Crippen LogP contribution is 2.50. The first-order valence-corrected chi connectivity index (χ1v) is 24.4. The predicted octanol–water partition coefficient (Wildman–Crippen LogP) is 14.5. The Bertz CT molecular complexity index is 3820. The van der Waals surface area contributed by atoms with E-state index in [0.29, 0.717) is 0 Å². The molecular weight excluding hydrogens is 837 g/mol. The minimum Gasteiger partial charge on any atom is -0.364 e. The van der Waals surface area contributed by atoms with Crippen molar-refractivity contribution in [1.29, 1.82) is 0 Å². The maximum absolute atomic E-state index is 7.48. The molecule has 2 unspecified atom stereocenters. The molecule has 328 valence electrons. The van der Waals surface area contributed by atoms with E-state index in [4.69, 9.17) is 4.74 Å². The zero-order valence-corrected chi connectivity index (χ0v) is 38.2. The SMILES string of the molecule is C1=CC2C(=c3ccccc3=C3C4=CC=C(N(c5ccccc5-c5ccccc5)c5cccc6c5CCc5ccccc5-6)CC4O[C@@H]32)C=C1N(c1ccccc1)c1ccc2c(ccc3ccccc32)c1. The fourth-order valence-corrected chi connectivity index (χ4v) is 12.1. The predicted molar refractivity (Wildman–Crippen MR) is 286 cm³/mol. The molecule has 3 atom stereocenters. The summed E-state index contributed by atoms with van der Waals surface area (Å²) in [6.07, 6.45) is 14.5. The summed E-state index contributed by atoms with van der Waals surface area (Å²) >= 11 is 0. The molecule has 0 amide bonds. The van der Waals surface area contributed by atoms with Gasteiger partial charge in [0.05, 0.1) is 17.9 Å². The molecule has 9 aromatic rings. The van der Waals surface area contributed by atoms with Crippen molar-refractivity contribution in [2.45, 2.75) is 31.5 Å². The molecule has 0 N–H and O–H groups in total. The van der Waals surface area contributed by atoms with E-state index in [1.54, 1.807) is 0 Å². The van der Waals surface area contributed by atoms with Crippen molar-refractivity contribution < 1.29 is 4.74 Å². The number of ether oxygens (including phenoxy) is 1.